The number of carbonyl (C=O) groups is 2. The molecule has 25 heavy (non-hydrogen) atoms. The summed E-state index contributed by atoms with van der Waals surface area (Å²) in [4.78, 5) is 23.6. The van der Waals surface area contributed by atoms with E-state index in [2.05, 4.69) is 6.58 Å². The van der Waals surface area contributed by atoms with Gasteiger partial charge in [0, 0.05) is 16.9 Å². The minimum atomic E-state index is -3.83. The first-order valence-corrected chi connectivity index (χ1v) is 9.81. The SMILES string of the molecule is C=C(C)C(=O)OCC(=O)OC1C2C3C(C)C1(C)C(C)C3(C)OS2(=O)=O. The summed E-state index contributed by atoms with van der Waals surface area (Å²) >= 11 is 0. The van der Waals surface area contributed by atoms with Crippen LogP contribution in [0.4, 0.5) is 0 Å². The molecule has 7 atom stereocenters. The van der Waals surface area contributed by atoms with Crippen molar-refractivity contribution in [3.05, 3.63) is 12.2 Å². The zero-order chi connectivity index (χ0) is 18.9. The van der Waals surface area contributed by atoms with Gasteiger partial charge < -0.3 is 9.47 Å². The minimum absolute atomic E-state index is 0.0190. The Bertz CT molecular complexity index is 757. The molecule has 8 heteroatoms. The van der Waals surface area contributed by atoms with Gasteiger partial charge in [-0.3, -0.25) is 4.18 Å². The summed E-state index contributed by atoms with van der Waals surface area (Å²) in [6.45, 7) is 12.0. The summed E-state index contributed by atoms with van der Waals surface area (Å²) in [5.74, 6) is -1.78. The van der Waals surface area contributed by atoms with E-state index >= 15 is 0 Å². The number of esters is 2. The fourth-order valence-corrected chi connectivity index (χ4v) is 7.61. The van der Waals surface area contributed by atoms with Gasteiger partial charge in [0.15, 0.2) is 6.61 Å². The van der Waals surface area contributed by atoms with Crippen molar-refractivity contribution in [2.24, 2.45) is 23.2 Å². The van der Waals surface area contributed by atoms with Crippen molar-refractivity contribution in [1.29, 1.82) is 0 Å². The molecule has 3 rings (SSSR count). The highest BCUT2D eigenvalue weighted by atomic mass is 32.2. The predicted octanol–water partition coefficient (Wildman–Crippen LogP) is 1.43. The van der Waals surface area contributed by atoms with Gasteiger partial charge in [0.05, 0.1) is 5.60 Å². The van der Waals surface area contributed by atoms with Crippen LogP contribution in [0.3, 0.4) is 0 Å². The van der Waals surface area contributed by atoms with E-state index in [0.29, 0.717) is 0 Å². The molecular formula is C17H24O7S. The Kier molecular flexibility index (Phi) is 3.89. The first-order chi connectivity index (χ1) is 11.4. The average molecular weight is 372 g/mol. The maximum atomic E-state index is 12.6. The summed E-state index contributed by atoms with van der Waals surface area (Å²) in [7, 11) is -3.83. The Morgan fingerprint density at radius 1 is 1.24 bits per heavy atom. The van der Waals surface area contributed by atoms with Crippen LogP contribution >= 0.6 is 0 Å². The lowest BCUT2D eigenvalue weighted by molar-refractivity contribution is -0.168. The van der Waals surface area contributed by atoms with Crippen LogP contribution in [0, 0.1) is 23.2 Å². The van der Waals surface area contributed by atoms with E-state index in [-0.39, 0.29) is 23.3 Å². The second kappa shape index (κ2) is 5.30. The molecule has 7 nitrogen and oxygen atoms in total. The molecule has 0 spiro atoms. The lowest BCUT2D eigenvalue weighted by Crippen LogP contribution is -2.52. The van der Waals surface area contributed by atoms with E-state index < -0.39 is 51.0 Å². The summed E-state index contributed by atoms with van der Waals surface area (Å²) in [6.07, 6.45) is -0.820. The van der Waals surface area contributed by atoms with Crippen LogP contribution in [0.1, 0.15) is 34.6 Å². The zero-order valence-corrected chi connectivity index (χ0v) is 15.9. The van der Waals surface area contributed by atoms with Crippen LogP contribution in [0.25, 0.3) is 0 Å². The quantitative estimate of drug-likeness (QED) is 0.418. The molecule has 2 aliphatic carbocycles. The predicted molar refractivity (Wildman–Crippen MR) is 87.8 cm³/mol. The van der Waals surface area contributed by atoms with Crippen molar-refractivity contribution in [3.63, 3.8) is 0 Å². The lowest BCUT2D eigenvalue weighted by atomic mass is 9.68. The smallest absolute Gasteiger partial charge is 0.344 e. The fraction of sp³-hybridized carbons (Fsp3) is 0.765. The molecule has 0 radical (unpaired) electrons. The first kappa shape index (κ1) is 18.4. The number of ether oxygens (including phenoxy) is 2. The van der Waals surface area contributed by atoms with Gasteiger partial charge in [0.2, 0.25) is 0 Å². The lowest BCUT2D eigenvalue weighted by Gasteiger charge is -2.42. The largest absolute Gasteiger partial charge is 0.458 e. The summed E-state index contributed by atoms with van der Waals surface area (Å²) in [6, 6.07) is 0. The molecule has 2 bridgehead atoms. The van der Waals surface area contributed by atoms with E-state index in [9.17, 15) is 18.0 Å². The molecule has 140 valence electrons. The van der Waals surface area contributed by atoms with Gasteiger partial charge in [-0.2, -0.15) is 8.42 Å². The van der Waals surface area contributed by atoms with Crippen molar-refractivity contribution < 1.29 is 31.7 Å². The van der Waals surface area contributed by atoms with Gasteiger partial charge in [0.25, 0.3) is 10.1 Å². The molecule has 1 heterocycles. The Balaban J connectivity index is 1.84. The van der Waals surface area contributed by atoms with Crippen molar-refractivity contribution in [1.82, 2.24) is 0 Å². The highest BCUT2D eigenvalue weighted by molar-refractivity contribution is 7.87. The monoisotopic (exact) mass is 372 g/mol. The molecule has 0 amide bonds. The average Bonchev–Trinajstić information content (AvgIpc) is 2.90. The second-order valence-corrected chi connectivity index (χ2v) is 9.59. The van der Waals surface area contributed by atoms with Gasteiger partial charge in [-0.25, -0.2) is 9.59 Å². The first-order valence-electron chi connectivity index (χ1n) is 8.34. The fourth-order valence-electron chi connectivity index (χ4n) is 5.22. The summed E-state index contributed by atoms with van der Waals surface area (Å²) < 4.78 is 40.9. The molecule has 2 saturated carbocycles. The number of carbonyl (C=O) groups excluding carboxylic acids is 2. The highest BCUT2D eigenvalue weighted by Crippen LogP contribution is 2.72. The van der Waals surface area contributed by atoms with Gasteiger partial charge in [-0.05, 0) is 25.7 Å². The Morgan fingerprint density at radius 2 is 1.84 bits per heavy atom. The van der Waals surface area contributed by atoms with Crippen molar-refractivity contribution in [2.45, 2.75) is 51.6 Å². The maximum absolute atomic E-state index is 12.6. The van der Waals surface area contributed by atoms with Crippen LogP contribution < -0.4 is 0 Å². The van der Waals surface area contributed by atoms with Crippen LogP contribution in [0.5, 0.6) is 0 Å². The molecule has 0 aromatic carbocycles. The topological polar surface area (TPSA) is 96.0 Å². The molecular weight excluding hydrogens is 348 g/mol. The highest BCUT2D eigenvalue weighted by Gasteiger charge is 2.81. The normalized spacial score (nSPS) is 46.0. The zero-order valence-electron chi connectivity index (χ0n) is 15.1. The van der Waals surface area contributed by atoms with Crippen molar-refractivity contribution in [2.75, 3.05) is 6.61 Å². The molecule has 0 aromatic heterocycles. The standard InChI is InChI=1S/C17H24O7S/c1-8(2)15(19)22-7-11(18)23-14-13-12-9(3)16(14,5)10(4)17(12,6)24-25(13,20)21/h9-10,12-14H,1,7H2,2-6H3. The molecule has 0 aromatic rings. The van der Waals surface area contributed by atoms with Crippen molar-refractivity contribution >= 4 is 22.1 Å². The van der Waals surface area contributed by atoms with E-state index in [1.807, 2.05) is 27.7 Å². The van der Waals surface area contributed by atoms with Gasteiger partial charge >= 0.3 is 11.9 Å². The van der Waals surface area contributed by atoms with Crippen LogP contribution in [-0.4, -0.2) is 43.9 Å². The second-order valence-electron chi connectivity index (χ2n) is 7.89. The van der Waals surface area contributed by atoms with Crippen LogP contribution in [0.2, 0.25) is 0 Å². The minimum Gasteiger partial charge on any atom is -0.458 e. The number of rotatable bonds is 4. The molecule has 0 N–H and O–H groups in total. The number of hydrogen-bond acceptors (Lipinski definition) is 7. The third kappa shape index (κ3) is 2.23. The molecule has 3 fully saturated rings. The van der Waals surface area contributed by atoms with Gasteiger partial charge in [0.1, 0.15) is 11.4 Å². The number of hydrogen-bond donors (Lipinski definition) is 0. The Morgan fingerprint density at radius 3 is 2.40 bits per heavy atom. The Labute approximate surface area is 147 Å². The number of fused-ring (bicyclic) bond motifs is 1. The summed E-state index contributed by atoms with van der Waals surface area (Å²) in [5.41, 5.74) is -1.13. The maximum Gasteiger partial charge on any atom is 0.344 e. The van der Waals surface area contributed by atoms with Gasteiger partial charge in [-0.1, -0.05) is 27.4 Å². The van der Waals surface area contributed by atoms with E-state index in [1.165, 1.54) is 6.92 Å². The van der Waals surface area contributed by atoms with Crippen LogP contribution in [-0.2, 0) is 33.4 Å². The molecule has 1 saturated heterocycles. The molecule has 1 aliphatic heterocycles. The van der Waals surface area contributed by atoms with E-state index in [0.717, 1.165) is 0 Å². The third-order valence-electron chi connectivity index (χ3n) is 6.80. The van der Waals surface area contributed by atoms with Crippen LogP contribution in [0.15, 0.2) is 12.2 Å². The van der Waals surface area contributed by atoms with E-state index in [1.54, 1.807) is 0 Å². The van der Waals surface area contributed by atoms with Gasteiger partial charge in [-0.15, -0.1) is 0 Å². The summed E-state index contributed by atoms with van der Waals surface area (Å²) in [5, 5.41) is -0.880. The molecule has 7 unspecified atom stereocenters. The van der Waals surface area contributed by atoms with Crippen molar-refractivity contribution in [3.8, 4) is 0 Å². The third-order valence-corrected chi connectivity index (χ3v) is 8.60. The Hall–Kier alpha value is -1.41. The van der Waals surface area contributed by atoms with E-state index in [4.69, 9.17) is 13.7 Å². The molecule has 3 aliphatic rings.